The summed E-state index contributed by atoms with van der Waals surface area (Å²) in [6, 6.07) is 16.4. The van der Waals surface area contributed by atoms with Gasteiger partial charge in [0.2, 0.25) is 5.91 Å². The second-order valence-corrected chi connectivity index (χ2v) is 8.60. The lowest BCUT2D eigenvalue weighted by Crippen LogP contribution is -2.51. The molecule has 1 aromatic heterocycles. The van der Waals surface area contributed by atoms with Crippen molar-refractivity contribution in [2.45, 2.75) is 26.4 Å². The van der Waals surface area contributed by atoms with Gasteiger partial charge in [-0.25, -0.2) is 4.98 Å². The van der Waals surface area contributed by atoms with Crippen LogP contribution in [0.5, 0.6) is 0 Å². The fourth-order valence-electron chi connectivity index (χ4n) is 3.68. The molecule has 0 saturated carbocycles. The van der Waals surface area contributed by atoms with E-state index in [0.29, 0.717) is 0 Å². The third kappa shape index (κ3) is 4.34. The lowest BCUT2D eigenvalue weighted by atomic mass is 10.2. The number of hydrogen-bond donors (Lipinski definition) is 1. The van der Waals surface area contributed by atoms with Crippen LogP contribution in [-0.2, 0) is 11.3 Å². The Bertz CT molecular complexity index is 948. The molecule has 0 aliphatic carbocycles. The molecule has 1 saturated heterocycles. The standard InChI is InChI=1S/C22H26N4OS/c1-16(23-19-8-9-20-21(14-19)28-17(2)24-20)22(27)26-12-10-25(11-13-26)15-18-6-4-3-5-7-18/h3-9,14,16,23H,10-13,15H2,1-2H3/t16-/m1/s1. The van der Waals surface area contributed by atoms with Crippen LogP contribution in [0, 0.1) is 6.92 Å². The van der Waals surface area contributed by atoms with Gasteiger partial charge in [0, 0.05) is 38.4 Å². The van der Waals surface area contributed by atoms with Gasteiger partial charge in [-0.3, -0.25) is 9.69 Å². The van der Waals surface area contributed by atoms with Crippen LogP contribution in [0.1, 0.15) is 17.5 Å². The van der Waals surface area contributed by atoms with Crippen molar-refractivity contribution in [1.29, 1.82) is 0 Å². The minimum atomic E-state index is -0.243. The summed E-state index contributed by atoms with van der Waals surface area (Å²) in [5.41, 5.74) is 3.31. The maximum absolute atomic E-state index is 12.9. The number of piperazine rings is 1. The number of thiazole rings is 1. The first kappa shape index (κ1) is 18.9. The predicted molar refractivity (Wildman–Crippen MR) is 116 cm³/mol. The van der Waals surface area contributed by atoms with E-state index >= 15 is 0 Å². The monoisotopic (exact) mass is 394 g/mol. The van der Waals surface area contributed by atoms with Crippen LogP contribution in [0.2, 0.25) is 0 Å². The number of hydrogen-bond acceptors (Lipinski definition) is 5. The number of anilines is 1. The Balaban J connectivity index is 1.31. The molecule has 1 N–H and O–H groups in total. The normalized spacial score (nSPS) is 16.3. The van der Waals surface area contributed by atoms with Crippen molar-refractivity contribution < 1.29 is 4.79 Å². The number of rotatable bonds is 5. The van der Waals surface area contributed by atoms with Crippen molar-refractivity contribution >= 4 is 33.1 Å². The maximum atomic E-state index is 12.9. The van der Waals surface area contributed by atoms with Crippen molar-refractivity contribution in [3.05, 3.63) is 59.1 Å². The van der Waals surface area contributed by atoms with Gasteiger partial charge in [0.25, 0.3) is 0 Å². The number of nitrogens with zero attached hydrogens (tertiary/aromatic N) is 3. The summed E-state index contributed by atoms with van der Waals surface area (Å²) < 4.78 is 1.15. The van der Waals surface area contributed by atoms with Crippen LogP contribution in [0.3, 0.4) is 0 Å². The SMILES string of the molecule is Cc1nc2ccc(N[C@H](C)C(=O)N3CCN(Cc4ccccc4)CC3)cc2s1. The molecule has 1 aliphatic rings. The average Bonchev–Trinajstić information content (AvgIpc) is 3.08. The van der Waals surface area contributed by atoms with Crippen molar-refractivity contribution in [2.75, 3.05) is 31.5 Å². The molecule has 28 heavy (non-hydrogen) atoms. The highest BCUT2D eigenvalue weighted by Crippen LogP contribution is 2.25. The Hall–Kier alpha value is -2.44. The van der Waals surface area contributed by atoms with Gasteiger partial charge in [-0.2, -0.15) is 0 Å². The summed E-state index contributed by atoms with van der Waals surface area (Å²) in [6.45, 7) is 8.31. The van der Waals surface area contributed by atoms with Gasteiger partial charge < -0.3 is 10.2 Å². The highest BCUT2D eigenvalue weighted by molar-refractivity contribution is 7.18. The number of amides is 1. The average molecular weight is 395 g/mol. The second kappa shape index (κ2) is 8.29. The third-order valence-electron chi connectivity index (χ3n) is 5.18. The molecule has 1 aliphatic heterocycles. The Kier molecular flexibility index (Phi) is 5.59. The molecule has 6 heteroatoms. The molecule has 146 valence electrons. The fourth-order valence-corrected chi connectivity index (χ4v) is 4.55. The molecular weight excluding hydrogens is 368 g/mol. The van der Waals surface area contributed by atoms with Crippen molar-refractivity contribution in [1.82, 2.24) is 14.8 Å². The molecule has 2 heterocycles. The topological polar surface area (TPSA) is 48.5 Å². The smallest absolute Gasteiger partial charge is 0.244 e. The highest BCUT2D eigenvalue weighted by atomic mass is 32.1. The van der Waals surface area contributed by atoms with Gasteiger partial charge in [-0.05, 0) is 37.6 Å². The van der Waals surface area contributed by atoms with Gasteiger partial charge in [0.1, 0.15) is 6.04 Å². The quantitative estimate of drug-likeness (QED) is 0.716. The minimum absolute atomic E-state index is 0.167. The molecule has 5 nitrogen and oxygen atoms in total. The maximum Gasteiger partial charge on any atom is 0.244 e. The Morgan fingerprint density at radius 3 is 2.64 bits per heavy atom. The molecule has 4 rings (SSSR count). The van der Waals surface area contributed by atoms with Crippen LogP contribution in [-0.4, -0.2) is 52.9 Å². The van der Waals surface area contributed by atoms with E-state index < -0.39 is 0 Å². The Morgan fingerprint density at radius 1 is 1.14 bits per heavy atom. The second-order valence-electron chi connectivity index (χ2n) is 7.37. The lowest BCUT2D eigenvalue weighted by molar-refractivity contribution is -0.133. The van der Waals surface area contributed by atoms with Crippen molar-refractivity contribution in [2.24, 2.45) is 0 Å². The van der Waals surface area contributed by atoms with Crippen molar-refractivity contribution in [3.63, 3.8) is 0 Å². The summed E-state index contributed by atoms with van der Waals surface area (Å²) in [7, 11) is 0. The largest absolute Gasteiger partial charge is 0.374 e. The van der Waals surface area contributed by atoms with E-state index in [9.17, 15) is 4.79 Å². The number of nitrogens with one attached hydrogen (secondary N) is 1. The van der Waals surface area contributed by atoms with E-state index in [1.807, 2.05) is 36.9 Å². The van der Waals surface area contributed by atoms with Crippen LogP contribution >= 0.6 is 11.3 Å². The van der Waals surface area contributed by atoms with E-state index in [0.717, 1.165) is 53.6 Å². The van der Waals surface area contributed by atoms with Crippen LogP contribution < -0.4 is 5.32 Å². The third-order valence-corrected chi connectivity index (χ3v) is 6.12. The van der Waals surface area contributed by atoms with Crippen LogP contribution in [0.25, 0.3) is 10.2 Å². The first-order chi connectivity index (χ1) is 13.6. The van der Waals surface area contributed by atoms with Crippen molar-refractivity contribution in [3.8, 4) is 0 Å². The number of carbonyl (C=O) groups is 1. The summed E-state index contributed by atoms with van der Waals surface area (Å²) in [6.07, 6.45) is 0. The number of aryl methyl sites for hydroxylation is 1. The molecule has 1 amide bonds. The molecule has 0 bridgehead atoms. The molecule has 0 spiro atoms. The van der Waals surface area contributed by atoms with E-state index in [1.165, 1.54) is 5.56 Å². The summed E-state index contributed by atoms with van der Waals surface area (Å²) >= 11 is 1.68. The first-order valence-corrected chi connectivity index (χ1v) is 10.6. The van der Waals surface area contributed by atoms with E-state index in [1.54, 1.807) is 11.3 Å². The van der Waals surface area contributed by atoms with E-state index in [2.05, 4.69) is 45.5 Å². The van der Waals surface area contributed by atoms with Gasteiger partial charge in [-0.15, -0.1) is 11.3 Å². The molecule has 2 aromatic carbocycles. The number of carbonyl (C=O) groups excluding carboxylic acids is 1. The minimum Gasteiger partial charge on any atom is -0.374 e. The zero-order valence-corrected chi connectivity index (χ0v) is 17.2. The van der Waals surface area contributed by atoms with E-state index in [-0.39, 0.29) is 11.9 Å². The molecule has 0 radical (unpaired) electrons. The number of benzene rings is 2. The molecular formula is C22H26N4OS. The predicted octanol–water partition coefficient (Wildman–Crippen LogP) is 3.75. The highest BCUT2D eigenvalue weighted by Gasteiger charge is 2.25. The van der Waals surface area contributed by atoms with Gasteiger partial charge >= 0.3 is 0 Å². The van der Waals surface area contributed by atoms with Gasteiger partial charge in [0.05, 0.1) is 15.2 Å². The molecule has 1 atom stereocenters. The number of fused-ring (bicyclic) bond motifs is 1. The van der Waals surface area contributed by atoms with Crippen LogP contribution in [0.4, 0.5) is 5.69 Å². The van der Waals surface area contributed by atoms with Gasteiger partial charge in [-0.1, -0.05) is 30.3 Å². The summed E-state index contributed by atoms with van der Waals surface area (Å²) in [4.78, 5) is 21.8. The Labute approximate surface area is 170 Å². The molecule has 1 fully saturated rings. The zero-order chi connectivity index (χ0) is 19.5. The molecule has 3 aromatic rings. The number of aromatic nitrogens is 1. The first-order valence-electron chi connectivity index (χ1n) is 9.77. The molecule has 0 unspecified atom stereocenters. The van der Waals surface area contributed by atoms with E-state index in [4.69, 9.17) is 0 Å². The lowest BCUT2D eigenvalue weighted by Gasteiger charge is -2.36. The van der Waals surface area contributed by atoms with Crippen LogP contribution in [0.15, 0.2) is 48.5 Å². The Morgan fingerprint density at radius 2 is 1.89 bits per heavy atom. The summed E-state index contributed by atoms with van der Waals surface area (Å²) in [5, 5.41) is 4.43. The zero-order valence-electron chi connectivity index (χ0n) is 16.4. The fraction of sp³-hybridized carbons (Fsp3) is 0.364. The van der Waals surface area contributed by atoms with Gasteiger partial charge in [0.15, 0.2) is 0 Å². The summed E-state index contributed by atoms with van der Waals surface area (Å²) in [5.74, 6) is 0.167.